The van der Waals surface area contributed by atoms with E-state index in [1.54, 1.807) is 12.3 Å². The summed E-state index contributed by atoms with van der Waals surface area (Å²) in [6, 6.07) is 3.17. The van der Waals surface area contributed by atoms with Crippen LogP contribution in [0.1, 0.15) is 5.69 Å². The highest BCUT2D eigenvalue weighted by Crippen LogP contribution is 2.38. The van der Waals surface area contributed by atoms with Crippen molar-refractivity contribution in [3.8, 4) is 0 Å². The second-order valence-corrected chi connectivity index (χ2v) is 4.95. The van der Waals surface area contributed by atoms with Gasteiger partial charge >= 0.3 is 0 Å². The maximum Gasteiger partial charge on any atom is 0.192 e. The number of nitrogens with zero attached hydrogens (tertiary/aromatic N) is 2. The van der Waals surface area contributed by atoms with Crippen molar-refractivity contribution in [3.05, 3.63) is 34.9 Å². The SMILES string of the molecule is Cc1ccnc(Sc2c(N)cc(N)c(Cl)c2F)n1. The van der Waals surface area contributed by atoms with Gasteiger partial charge in [0.1, 0.15) is 5.02 Å². The fourth-order valence-electron chi connectivity index (χ4n) is 1.32. The highest BCUT2D eigenvalue weighted by atomic mass is 35.5. The van der Waals surface area contributed by atoms with Gasteiger partial charge in [-0.25, -0.2) is 14.4 Å². The molecule has 0 unspecified atom stereocenters. The fourth-order valence-corrected chi connectivity index (χ4v) is 2.38. The Labute approximate surface area is 113 Å². The lowest BCUT2D eigenvalue weighted by Gasteiger charge is -2.09. The second-order valence-electron chi connectivity index (χ2n) is 3.59. The number of anilines is 2. The number of aromatic nitrogens is 2. The number of nitrogen functional groups attached to an aromatic ring is 2. The van der Waals surface area contributed by atoms with E-state index in [0.717, 1.165) is 17.5 Å². The van der Waals surface area contributed by atoms with Crippen LogP contribution in [-0.4, -0.2) is 9.97 Å². The number of hydrogen-bond acceptors (Lipinski definition) is 5. The van der Waals surface area contributed by atoms with Crippen LogP contribution in [0.5, 0.6) is 0 Å². The molecule has 0 saturated heterocycles. The molecule has 94 valence electrons. The van der Waals surface area contributed by atoms with Crippen molar-refractivity contribution in [2.24, 2.45) is 0 Å². The molecule has 7 heteroatoms. The fraction of sp³-hybridized carbons (Fsp3) is 0.0909. The van der Waals surface area contributed by atoms with E-state index in [0.29, 0.717) is 5.16 Å². The van der Waals surface area contributed by atoms with Gasteiger partial charge in [-0.3, -0.25) is 0 Å². The van der Waals surface area contributed by atoms with Gasteiger partial charge in [0.05, 0.1) is 16.3 Å². The Morgan fingerprint density at radius 1 is 1.33 bits per heavy atom. The van der Waals surface area contributed by atoms with E-state index in [1.807, 2.05) is 6.92 Å². The van der Waals surface area contributed by atoms with Crippen LogP contribution < -0.4 is 11.5 Å². The molecular weight excluding hydrogens is 275 g/mol. The molecule has 0 spiro atoms. The zero-order valence-electron chi connectivity index (χ0n) is 9.45. The van der Waals surface area contributed by atoms with Crippen LogP contribution in [0.2, 0.25) is 5.02 Å². The molecule has 0 fully saturated rings. The van der Waals surface area contributed by atoms with Gasteiger partial charge in [-0.2, -0.15) is 0 Å². The topological polar surface area (TPSA) is 77.8 Å². The highest BCUT2D eigenvalue weighted by Gasteiger charge is 2.16. The first-order chi connectivity index (χ1) is 8.49. The molecule has 0 bridgehead atoms. The summed E-state index contributed by atoms with van der Waals surface area (Å²) in [4.78, 5) is 8.36. The quantitative estimate of drug-likeness (QED) is 0.655. The van der Waals surface area contributed by atoms with Gasteiger partial charge in [0.25, 0.3) is 0 Å². The predicted octanol–water partition coefficient (Wildman–Crippen LogP) is 2.89. The van der Waals surface area contributed by atoms with Crippen molar-refractivity contribution in [2.45, 2.75) is 17.0 Å². The van der Waals surface area contributed by atoms with E-state index < -0.39 is 5.82 Å². The Morgan fingerprint density at radius 3 is 2.72 bits per heavy atom. The zero-order valence-corrected chi connectivity index (χ0v) is 11.0. The molecule has 4 nitrogen and oxygen atoms in total. The van der Waals surface area contributed by atoms with Gasteiger partial charge in [0.15, 0.2) is 11.0 Å². The lowest BCUT2D eigenvalue weighted by atomic mass is 10.3. The van der Waals surface area contributed by atoms with E-state index in [4.69, 9.17) is 23.1 Å². The average Bonchev–Trinajstić information content (AvgIpc) is 2.32. The van der Waals surface area contributed by atoms with Gasteiger partial charge < -0.3 is 11.5 Å². The molecule has 1 heterocycles. The Morgan fingerprint density at radius 2 is 2.06 bits per heavy atom. The maximum atomic E-state index is 13.9. The summed E-state index contributed by atoms with van der Waals surface area (Å²) in [6.07, 6.45) is 1.59. The van der Waals surface area contributed by atoms with Crippen molar-refractivity contribution in [1.82, 2.24) is 9.97 Å². The minimum atomic E-state index is -0.649. The summed E-state index contributed by atoms with van der Waals surface area (Å²) in [5.74, 6) is -0.649. The largest absolute Gasteiger partial charge is 0.398 e. The van der Waals surface area contributed by atoms with E-state index in [-0.39, 0.29) is 21.3 Å². The third-order valence-electron chi connectivity index (χ3n) is 2.18. The Balaban J connectivity index is 2.44. The third-order valence-corrected chi connectivity index (χ3v) is 3.57. The van der Waals surface area contributed by atoms with Gasteiger partial charge in [0.2, 0.25) is 0 Å². The molecule has 0 radical (unpaired) electrons. The van der Waals surface area contributed by atoms with Crippen LogP contribution in [0.25, 0.3) is 0 Å². The summed E-state index contributed by atoms with van der Waals surface area (Å²) in [5, 5.41) is 0.265. The van der Waals surface area contributed by atoms with Crippen molar-refractivity contribution >= 4 is 34.7 Å². The number of rotatable bonds is 2. The summed E-state index contributed by atoms with van der Waals surface area (Å²) >= 11 is 6.76. The van der Waals surface area contributed by atoms with Crippen LogP contribution in [0, 0.1) is 12.7 Å². The normalized spacial score (nSPS) is 10.6. The number of benzene rings is 1. The molecule has 0 amide bonds. The van der Waals surface area contributed by atoms with Crippen molar-refractivity contribution < 1.29 is 4.39 Å². The Kier molecular flexibility index (Phi) is 3.58. The lowest BCUT2D eigenvalue weighted by Crippen LogP contribution is -1.99. The predicted molar refractivity (Wildman–Crippen MR) is 71.1 cm³/mol. The van der Waals surface area contributed by atoms with Gasteiger partial charge in [-0.15, -0.1) is 0 Å². The molecule has 0 aliphatic carbocycles. The summed E-state index contributed by atoms with van der Waals surface area (Å²) in [6.45, 7) is 1.82. The molecule has 1 aromatic heterocycles. The number of aryl methyl sites for hydroxylation is 1. The first-order valence-electron chi connectivity index (χ1n) is 4.99. The van der Waals surface area contributed by atoms with Gasteiger partial charge in [0, 0.05) is 11.9 Å². The molecule has 4 N–H and O–H groups in total. The van der Waals surface area contributed by atoms with E-state index >= 15 is 0 Å². The minimum absolute atomic E-state index is 0.112. The van der Waals surface area contributed by atoms with Gasteiger partial charge in [-0.1, -0.05) is 11.6 Å². The van der Waals surface area contributed by atoms with Crippen molar-refractivity contribution in [2.75, 3.05) is 11.5 Å². The molecule has 2 rings (SSSR count). The van der Waals surface area contributed by atoms with E-state index in [9.17, 15) is 4.39 Å². The van der Waals surface area contributed by atoms with Crippen LogP contribution in [0.4, 0.5) is 15.8 Å². The minimum Gasteiger partial charge on any atom is -0.398 e. The highest BCUT2D eigenvalue weighted by molar-refractivity contribution is 7.99. The standard InChI is InChI=1S/C11H10ClFN4S/c1-5-2-3-16-11(17-5)18-10-7(15)4-6(14)8(12)9(10)13/h2-4H,14-15H2,1H3. The molecule has 1 aromatic carbocycles. The first-order valence-corrected chi connectivity index (χ1v) is 6.19. The third kappa shape index (κ3) is 2.49. The van der Waals surface area contributed by atoms with Crippen molar-refractivity contribution in [3.63, 3.8) is 0 Å². The molecular formula is C11H10ClFN4S. The van der Waals surface area contributed by atoms with E-state index in [2.05, 4.69) is 9.97 Å². The Hall–Kier alpha value is -1.53. The van der Waals surface area contributed by atoms with Crippen LogP contribution in [0.15, 0.2) is 28.4 Å². The molecule has 18 heavy (non-hydrogen) atoms. The molecule has 0 aliphatic heterocycles. The van der Waals surface area contributed by atoms with Crippen LogP contribution in [-0.2, 0) is 0 Å². The number of halogens is 2. The van der Waals surface area contributed by atoms with Gasteiger partial charge in [-0.05, 0) is 30.8 Å². The van der Waals surface area contributed by atoms with Crippen LogP contribution in [0.3, 0.4) is 0 Å². The molecule has 0 atom stereocenters. The second kappa shape index (κ2) is 4.99. The van der Waals surface area contributed by atoms with Crippen molar-refractivity contribution in [1.29, 1.82) is 0 Å². The Bertz CT molecular complexity index is 606. The average molecular weight is 285 g/mol. The first kappa shape index (κ1) is 12.9. The smallest absolute Gasteiger partial charge is 0.192 e. The zero-order chi connectivity index (χ0) is 13.3. The molecule has 2 aromatic rings. The summed E-state index contributed by atoms with van der Waals surface area (Å²) in [7, 11) is 0. The molecule has 0 saturated carbocycles. The van der Waals surface area contributed by atoms with Crippen LogP contribution >= 0.6 is 23.4 Å². The number of hydrogen-bond donors (Lipinski definition) is 2. The summed E-state index contributed by atoms with van der Waals surface area (Å²) < 4.78 is 13.9. The number of nitrogens with two attached hydrogens (primary N) is 2. The van der Waals surface area contributed by atoms with E-state index in [1.165, 1.54) is 6.07 Å². The molecule has 0 aliphatic rings. The lowest BCUT2D eigenvalue weighted by molar-refractivity contribution is 0.604. The monoisotopic (exact) mass is 284 g/mol. The maximum absolute atomic E-state index is 13.9. The summed E-state index contributed by atoms with van der Waals surface area (Å²) in [5.41, 5.74) is 12.3.